The lowest BCUT2D eigenvalue weighted by atomic mass is 9.73. The van der Waals surface area contributed by atoms with Gasteiger partial charge in [0.05, 0.1) is 9.85 Å². The molecular formula is C23H24N2O4. The summed E-state index contributed by atoms with van der Waals surface area (Å²) in [6.07, 6.45) is 13.2. The number of allylic oxidation sites excluding steroid dienone is 11. The largest absolute Gasteiger partial charge is 0.262 e. The zero-order chi connectivity index (χ0) is 20.7. The summed E-state index contributed by atoms with van der Waals surface area (Å²) in [6.45, 7) is 7.64. The van der Waals surface area contributed by atoms with Gasteiger partial charge in [0.15, 0.2) is 0 Å². The van der Waals surface area contributed by atoms with Crippen molar-refractivity contribution in [2.75, 3.05) is 0 Å². The second-order valence-corrected chi connectivity index (χ2v) is 8.21. The molecule has 0 heterocycles. The summed E-state index contributed by atoms with van der Waals surface area (Å²) in [5.74, 6) is 1.10. The van der Waals surface area contributed by atoms with Crippen molar-refractivity contribution in [3.63, 3.8) is 0 Å². The minimum Gasteiger partial charge on any atom is -0.259 e. The smallest absolute Gasteiger partial charge is 0.259 e. The van der Waals surface area contributed by atoms with Gasteiger partial charge in [0.2, 0.25) is 5.70 Å². The number of hydrogen-bond donors (Lipinski definition) is 0. The van der Waals surface area contributed by atoms with E-state index >= 15 is 0 Å². The van der Waals surface area contributed by atoms with Crippen LogP contribution < -0.4 is 0 Å². The highest BCUT2D eigenvalue weighted by atomic mass is 16.6. The minimum atomic E-state index is -0.494. The Kier molecular flexibility index (Phi) is 4.94. The normalized spacial score (nSPS) is 25.8. The molecule has 4 aliphatic rings. The van der Waals surface area contributed by atoms with Crippen molar-refractivity contribution in [3.05, 3.63) is 103 Å². The van der Waals surface area contributed by atoms with Crippen LogP contribution in [0.3, 0.4) is 0 Å². The van der Waals surface area contributed by atoms with Crippen LogP contribution in [0.25, 0.3) is 0 Å². The summed E-state index contributed by atoms with van der Waals surface area (Å²) in [7, 11) is 0. The third kappa shape index (κ3) is 3.43. The van der Waals surface area contributed by atoms with Crippen LogP contribution in [-0.2, 0) is 0 Å². The van der Waals surface area contributed by atoms with E-state index < -0.39 is 4.92 Å². The van der Waals surface area contributed by atoms with Crippen LogP contribution in [0.4, 0.5) is 0 Å². The molecule has 0 radical (unpaired) electrons. The highest BCUT2D eigenvalue weighted by molar-refractivity contribution is 5.61. The second kappa shape index (κ2) is 7.43. The van der Waals surface area contributed by atoms with E-state index in [0.717, 1.165) is 24.8 Å². The molecule has 2 atom stereocenters. The fourth-order valence-electron chi connectivity index (χ4n) is 5.34. The molecule has 4 aliphatic carbocycles. The standard InChI is InChI=1S/C23H24N2O4/c1-14(3-4-15(2)24(26)27)20-11-12-21(16-7-9-19(10-8-16)25(28)29)23-18-6-5-17(13-18)22(20)23/h3-4,7,9,17-18H,1-2,5-6,8,10-13H2/b4-3-. The van der Waals surface area contributed by atoms with E-state index in [1.165, 1.54) is 53.2 Å². The lowest BCUT2D eigenvalue weighted by Gasteiger charge is -2.31. The Morgan fingerprint density at radius 2 is 1.69 bits per heavy atom. The van der Waals surface area contributed by atoms with Crippen molar-refractivity contribution in [3.8, 4) is 0 Å². The van der Waals surface area contributed by atoms with Gasteiger partial charge in [-0.25, -0.2) is 0 Å². The molecule has 2 saturated carbocycles. The first-order chi connectivity index (χ1) is 13.9. The first-order valence-corrected chi connectivity index (χ1v) is 10.1. The van der Waals surface area contributed by atoms with Crippen LogP contribution >= 0.6 is 0 Å². The number of nitro groups is 2. The molecule has 0 aromatic rings. The molecule has 6 nitrogen and oxygen atoms in total. The van der Waals surface area contributed by atoms with Gasteiger partial charge in [-0.15, -0.1) is 0 Å². The molecule has 0 spiro atoms. The van der Waals surface area contributed by atoms with Crippen LogP contribution in [-0.4, -0.2) is 9.85 Å². The van der Waals surface area contributed by atoms with Crippen LogP contribution in [0.1, 0.15) is 44.9 Å². The van der Waals surface area contributed by atoms with Crippen molar-refractivity contribution >= 4 is 0 Å². The summed E-state index contributed by atoms with van der Waals surface area (Å²) >= 11 is 0. The van der Waals surface area contributed by atoms with E-state index in [1.807, 2.05) is 6.08 Å². The summed E-state index contributed by atoms with van der Waals surface area (Å²) in [5, 5.41) is 21.8. The molecule has 0 aromatic carbocycles. The van der Waals surface area contributed by atoms with Gasteiger partial charge in [-0.3, -0.25) is 20.2 Å². The van der Waals surface area contributed by atoms with E-state index in [-0.39, 0.29) is 16.3 Å². The molecule has 2 fully saturated rings. The zero-order valence-corrected chi connectivity index (χ0v) is 16.4. The maximum atomic E-state index is 11.0. The van der Waals surface area contributed by atoms with Crippen LogP contribution in [0.15, 0.2) is 82.3 Å². The Bertz CT molecular complexity index is 990. The van der Waals surface area contributed by atoms with E-state index in [9.17, 15) is 20.2 Å². The number of rotatable bonds is 6. The third-order valence-electron chi connectivity index (χ3n) is 6.66. The molecule has 4 rings (SSSR count). The van der Waals surface area contributed by atoms with Crippen LogP contribution in [0, 0.1) is 32.1 Å². The maximum Gasteiger partial charge on any atom is 0.262 e. The Labute approximate surface area is 169 Å². The summed E-state index contributed by atoms with van der Waals surface area (Å²) < 4.78 is 0. The van der Waals surface area contributed by atoms with Crippen LogP contribution in [0.2, 0.25) is 0 Å². The van der Waals surface area contributed by atoms with Gasteiger partial charge < -0.3 is 0 Å². The van der Waals surface area contributed by atoms with Gasteiger partial charge >= 0.3 is 0 Å². The molecular weight excluding hydrogens is 368 g/mol. The summed E-state index contributed by atoms with van der Waals surface area (Å²) in [4.78, 5) is 21.0. The fraction of sp³-hybridized carbons (Fsp3) is 0.391. The van der Waals surface area contributed by atoms with Gasteiger partial charge in [0, 0.05) is 18.6 Å². The monoisotopic (exact) mass is 392 g/mol. The Hall–Kier alpha value is -3.02. The first-order valence-electron chi connectivity index (χ1n) is 10.1. The third-order valence-corrected chi connectivity index (χ3v) is 6.66. The van der Waals surface area contributed by atoms with Crippen molar-refractivity contribution in [1.82, 2.24) is 0 Å². The molecule has 2 unspecified atom stereocenters. The predicted molar refractivity (Wildman–Crippen MR) is 111 cm³/mol. The highest BCUT2D eigenvalue weighted by Crippen LogP contribution is 2.58. The van der Waals surface area contributed by atoms with Crippen molar-refractivity contribution < 1.29 is 9.85 Å². The van der Waals surface area contributed by atoms with Gasteiger partial charge in [-0.2, -0.15) is 0 Å². The number of fused-ring (bicyclic) bond motifs is 5. The molecule has 0 amide bonds. The minimum absolute atomic E-state index is 0.141. The molecule has 0 aromatic heterocycles. The Morgan fingerprint density at radius 3 is 2.31 bits per heavy atom. The Morgan fingerprint density at radius 1 is 0.966 bits per heavy atom. The van der Waals surface area contributed by atoms with Gasteiger partial charge in [0.25, 0.3) is 5.70 Å². The summed E-state index contributed by atoms with van der Waals surface area (Å²) in [6, 6.07) is 0. The zero-order valence-electron chi connectivity index (χ0n) is 16.4. The lowest BCUT2D eigenvalue weighted by molar-refractivity contribution is -0.428. The van der Waals surface area contributed by atoms with Gasteiger partial charge in [0.1, 0.15) is 0 Å². The van der Waals surface area contributed by atoms with E-state index in [4.69, 9.17) is 0 Å². The van der Waals surface area contributed by atoms with Crippen molar-refractivity contribution in [2.45, 2.75) is 44.9 Å². The molecule has 150 valence electrons. The van der Waals surface area contributed by atoms with Gasteiger partial charge in [-0.05, 0) is 96.5 Å². The van der Waals surface area contributed by atoms with Crippen molar-refractivity contribution in [1.29, 1.82) is 0 Å². The Balaban J connectivity index is 1.71. The summed E-state index contributed by atoms with van der Waals surface area (Å²) in [5.41, 5.74) is 7.64. The lowest BCUT2D eigenvalue weighted by Crippen LogP contribution is -2.16. The number of nitrogens with zero attached hydrogens (tertiary/aromatic N) is 2. The van der Waals surface area contributed by atoms with Crippen LogP contribution in [0.5, 0.6) is 0 Å². The molecule has 29 heavy (non-hydrogen) atoms. The SMILES string of the molecule is C=C(/C=C\C(=C)[N+](=O)[O-])C1=C2C(=C(C3=CC=C([N+](=O)[O-])CC3)CC1)C1CCC2C1. The molecule has 2 bridgehead atoms. The van der Waals surface area contributed by atoms with E-state index in [2.05, 4.69) is 13.2 Å². The maximum absolute atomic E-state index is 11.0. The first kappa shape index (κ1) is 19.3. The number of hydrogen-bond acceptors (Lipinski definition) is 4. The fourth-order valence-corrected chi connectivity index (χ4v) is 5.34. The topological polar surface area (TPSA) is 86.3 Å². The molecule has 0 aliphatic heterocycles. The molecule has 6 heteroatoms. The predicted octanol–water partition coefficient (Wildman–Crippen LogP) is 5.59. The highest BCUT2D eigenvalue weighted by Gasteiger charge is 2.44. The van der Waals surface area contributed by atoms with E-state index in [0.29, 0.717) is 18.3 Å². The average molecular weight is 392 g/mol. The van der Waals surface area contributed by atoms with Crippen molar-refractivity contribution in [2.24, 2.45) is 11.8 Å². The quantitative estimate of drug-likeness (QED) is 0.335. The van der Waals surface area contributed by atoms with Gasteiger partial charge in [-0.1, -0.05) is 12.7 Å². The average Bonchev–Trinajstić information content (AvgIpc) is 3.33. The second-order valence-electron chi connectivity index (χ2n) is 8.21. The molecule has 0 saturated heterocycles. The molecule has 0 N–H and O–H groups in total. The van der Waals surface area contributed by atoms with E-state index in [1.54, 1.807) is 12.2 Å².